The number of aryl methyl sites for hydroxylation is 1. The van der Waals surface area contributed by atoms with E-state index in [0.29, 0.717) is 6.61 Å². The van der Waals surface area contributed by atoms with E-state index in [1.54, 1.807) is 0 Å². The number of nitrogens with two attached hydrogens (primary N) is 1. The van der Waals surface area contributed by atoms with E-state index in [1.165, 1.54) is 11.1 Å². The molecule has 2 N–H and O–H groups in total. The minimum absolute atomic E-state index is 0.0416. The molecule has 1 saturated carbocycles. The molecule has 1 aromatic carbocycles. The first-order valence-electron chi connectivity index (χ1n) is 6.23. The van der Waals surface area contributed by atoms with E-state index in [4.69, 9.17) is 15.2 Å². The lowest BCUT2D eigenvalue weighted by atomic mass is 9.86. The van der Waals surface area contributed by atoms with Crippen LogP contribution in [0.4, 0.5) is 0 Å². The fourth-order valence-corrected chi connectivity index (χ4v) is 2.17. The number of ether oxygens (including phenoxy) is 2. The van der Waals surface area contributed by atoms with Crippen molar-refractivity contribution in [3.8, 4) is 5.75 Å². The van der Waals surface area contributed by atoms with E-state index in [2.05, 4.69) is 19.9 Å². The summed E-state index contributed by atoms with van der Waals surface area (Å²) in [6.07, 6.45) is 1.02. The van der Waals surface area contributed by atoms with Gasteiger partial charge in [-0.15, -0.1) is 0 Å². The number of rotatable bonds is 4. The highest BCUT2D eigenvalue weighted by Gasteiger charge is 2.41. The fourth-order valence-electron chi connectivity index (χ4n) is 2.17. The summed E-state index contributed by atoms with van der Waals surface area (Å²) in [5, 5.41) is 0. The molecule has 0 aliphatic heterocycles. The lowest BCUT2D eigenvalue weighted by Crippen LogP contribution is -2.59. The molecule has 94 valence electrons. The predicted octanol–water partition coefficient (Wildman–Crippen LogP) is 2.19. The number of benzene rings is 1. The van der Waals surface area contributed by atoms with Crippen LogP contribution in [0.3, 0.4) is 0 Å². The largest absolute Gasteiger partial charge is 0.487 e. The van der Waals surface area contributed by atoms with Gasteiger partial charge in [0.1, 0.15) is 18.0 Å². The Bertz CT molecular complexity index is 392. The molecule has 0 aromatic heterocycles. The van der Waals surface area contributed by atoms with Gasteiger partial charge in [0.05, 0.1) is 0 Å². The van der Waals surface area contributed by atoms with E-state index < -0.39 is 0 Å². The molecular weight excluding hydrogens is 214 g/mol. The Labute approximate surface area is 103 Å². The summed E-state index contributed by atoms with van der Waals surface area (Å²) in [4.78, 5) is 0. The molecule has 1 fully saturated rings. The van der Waals surface area contributed by atoms with Crippen molar-refractivity contribution in [2.45, 2.75) is 45.4 Å². The van der Waals surface area contributed by atoms with Gasteiger partial charge in [0.15, 0.2) is 0 Å². The fraction of sp³-hybridized carbons (Fsp3) is 0.571. The summed E-state index contributed by atoms with van der Waals surface area (Å²) in [7, 11) is 0. The third-order valence-corrected chi connectivity index (χ3v) is 3.49. The average molecular weight is 235 g/mol. The molecule has 1 aliphatic rings. The Kier molecular flexibility index (Phi) is 3.69. The highest BCUT2D eigenvalue weighted by molar-refractivity contribution is 5.38. The van der Waals surface area contributed by atoms with E-state index in [9.17, 15) is 0 Å². The molecule has 0 spiro atoms. The minimum atomic E-state index is 0.0416. The van der Waals surface area contributed by atoms with Gasteiger partial charge in [-0.3, -0.25) is 0 Å². The Morgan fingerprint density at radius 2 is 2.12 bits per heavy atom. The maximum Gasteiger partial charge on any atom is 0.128 e. The van der Waals surface area contributed by atoms with Crippen LogP contribution in [-0.4, -0.2) is 24.9 Å². The number of hydrogen-bond donors (Lipinski definition) is 1. The Morgan fingerprint density at radius 1 is 1.35 bits per heavy atom. The zero-order valence-corrected chi connectivity index (χ0v) is 10.8. The topological polar surface area (TPSA) is 44.5 Å². The average Bonchev–Trinajstić information content (AvgIpc) is 2.31. The highest BCUT2D eigenvalue weighted by atomic mass is 16.5. The molecule has 0 saturated heterocycles. The van der Waals surface area contributed by atoms with Gasteiger partial charge in [-0.25, -0.2) is 0 Å². The first-order chi connectivity index (χ1) is 8.13. The predicted molar refractivity (Wildman–Crippen MR) is 68.3 cm³/mol. The maximum atomic E-state index is 5.99. The van der Waals surface area contributed by atoms with Gasteiger partial charge in [-0.2, -0.15) is 0 Å². The van der Waals surface area contributed by atoms with Crippen molar-refractivity contribution in [1.29, 1.82) is 0 Å². The second-order valence-corrected chi connectivity index (χ2v) is 4.67. The van der Waals surface area contributed by atoms with Crippen molar-refractivity contribution < 1.29 is 9.47 Å². The van der Waals surface area contributed by atoms with Gasteiger partial charge >= 0.3 is 0 Å². The van der Waals surface area contributed by atoms with Gasteiger partial charge in [-0.05, 0) is 38.0 Å². The molecule has 0 heterocycles. The van der Waals surface area contributed by atoms with Crippen LogP contribution < -0.4 is 10.5 Å². The zero-order valence-electron chi connectivity index (χ0n) is 10.8. The molecule has 3 atom stereocenters. The molecule has 1 aliphatic carbocycles. The molecule has 3 nitrogen and oxygen atoms in total. The SMILES string of the molecule is CCOC1C(N)CC1Oc1cccc(C)c1C. The monoisotopic (exact) mass is 235 g/mol. The van der Waals surface area contributed by atoms with Crippen molar-refractivity contribution in [3.63, 3.8) is 0 Å². The van der Waals surface area contributed by atoms with Gasteiger partial charge in [-0.1, -0.05) is 12.1 Å². The maximum absolute atomic E-state index is 5.99. The molecule has 1 aromatic rings. The van der Waals surface area contributed by atoms with Crippen molar-refractivity contribution in [1.82, 2.24) is 0 Å². The quantitative estimate of drug-likeness (QED) is 0.870. The van der Waals surface area contributed by atoms with E-state index >= 15 is 0 Å². The van der Waals surface area contributed by atoms with E-state index in [0.717, 1.165) is 12.2 Å². The van der Waals surface area contributed by atoms with Gasteiger partial charge in [0.25, 0.3) is 0 Å². The molecule has 0 radical (unpaired) electrons. The summed E-state index contributed by atoms with van der Waals surface area (Å²) in [6.45, 7) is 6.85. The molecule has 0 amide bonds. The Morgan fingerprint density at radius 3 is 2.76 bits per heavy atom. The second kappa shape index (κ2) is 5.07. The second-order valence-electron chi connectivity index (χ2n) is 4.67. The van der Waals surface area contributed by atoms with Crippen molar-refractivity contribution >= 4 is 0 Å². The minimum Gasteiger partial charge on any atom is -0.487 e. The number of hydrogen-bond acceptors (Lipinski definition) is 3. The zero-order chi connectivity index (χ0) is 12.4. The summed E-state index contributed by atoms with van der Waals surface area (Å²) in [5.41, 5.74) is 8.36. The van der Waals surface area contributed by atoms with E-state index in [-0.39, 0.29) is 18.2 Å². The van der Waals surface area contributed by atoms with Crippen LogP contribution in [0.25, 0.3) is 0 Å². The van der Waals surface area contributed by atoms with Crippen LogP contribution in [-0.2, 0) is 4.74 Å². The Hall–Kier alpha value is -1.06. The highest BCUT2D eigenvalue weighted by Crippen LogP contribution is 2.30. The van der Waals surface area contributed by atoms with Crippen LogP contribution >= 0.6 is 0 Å². The molecule has 17 heavy (non-hydrogen) atoms. The smallest absolute Gasteiger partial charge is 0.128 e. The van der Waals surface area contributed by atoms with Gasteiger partial charge < -0.3 is 15.2 Å². The Balaban J connectivity index is 2.04. The van der Waals surface area contributed by atoms with Crippen molar-refractivity contribution in [2.75, 3.05) is 6.61 Å². The first kappa shape index (κ1) is 12.4. The standard InChI is InChI=1S/C14H21NO2/c1-4-16-14-11(15)8-13(14)17-12-7-5-6-9(2)10(12)3/h5-7,11,13-14H,4,8,15H2,1-3H3. The summed E-state index contributed by atoms with van der Waals surface area (Å²) in [6, 6.07) is 6.24. The summed E-state index contributed by atoms with van der Waals surface area (Å²) >= 11 is 0. The third kappa shape index (κ3) is 2.45. The lowest BCUT2D eigenvalue weighted by molar-refractivity contribution is -0.0947. The van der Waals surface area contributed by atoms with Gasteiger partial charge in [0, 0.05) is 19.1 Å². The van der Waals surface area contributed by atoms with Crippen LogP contribution in [0.5, 0.6) is 5.75 Å². The van der Waals surface area contributed by atoms with Crippen molar-refractivity contribution in [3.05, 3.63) is 29.3 Å². The summed E-state index contributed by atoms with van der Waals surface area (Å²) in [5.74, 6) is 0.951. The third-order valence-electron chi connectivity index (χ3n) is 3.49. The van der Waals surface area contributed by atoms with Crippen LogP contribution in [0.15, 0.2) is 18.2 Å². The van der Waals surface area contributed by atoms with Gasteiger partial charge in [0.2, 0.25) is 0 Å². The molecule has 0 bridgehead atoms. The van der Waals surface area contributed by atoms with Crippen LogP contribution in [0.1, 0.15) is 24.5 Å². The van der Waals surface area contributed by atoms with Crippen LogP contribution in [0, 0.1) is 13.8 Å². The molecule has 3 heteroatoms. The van der Waals surface area contributed by atoms with Crippen LogP contribution in [0.2, 0.25) is 0 Å². The van der Waals surface area contributed by atoms with E-state index in [1.807, 2.05) is 19.1 Å². The summed E-state index contributed by atoms with van der Waals surface area (Å²) < 4.78 is 11.6. The first-order valence-corrected chi connectivity index (χ1v) is 6.23. The molecular formula is C14H21NO2. The molecule has 3 unspecified atom stereocenters. The van der Waals surface area contributed by atoms with Crippen molar-refractivity contribution in [2.24, 2.45) is 5.73 Å². The normalized spacial score (nSPS) is 27.6. The lowest BCUT2D eigenvalue weighted by Gasteiger charge is -2.41. The molecule has 2 rings (SSSR count).